The smallest absolute Gasteiger partial charge is 0.241 e. The van der Waals surface area contributed by atoms with Gasteiger partial charge >= 0.3 is 0 Å². The number of carbonyl (C=O) groups excluding carboxylic acids is 1. The molecule has 27 heavy (non-hydrogen) atoms. The third kappa shape index (κ3) is 7.33. The van der Waals surface area contributed by atoms with E-state index >= 15 is 0 Å². The Kier molecular flexibility index (Phi) is 7.03. The molecule has 5 nitrogen and oxygen atoms in total. The van der Waals surface area contributed by atoms with Crippen molar-refractivity contribution in [2.45, 2.75) is 50.6 Å². The molecule has 2 aromatic carbocycles. The molecule has 1 amide bonds. The van der Waals surface area contributed by atoms with Crippen LogP contribution in [0, 0.1) is 0 Å². The number of benzene rings is 2. The van der Waals surface area contributed by atoms with E-state index in [1.54, 1.807) is 57.2 Å². The van der Waals surface area contributed by atoms with E-state index in [0.29, 0.717) is 24.4 Å². The molecular weight excluding hydrogens is 384 g/mol. The van der Waals surface area contributed by atoms with Crippen LogP contribution >= 0.6 is 11.6 Å². The van der Waals surface area contributed by atoms with Gasteiger partial charge in [-0.05, 0) is 62.6 Å². The van der Waals surface area contributed by atoms with Crippen LogP contribution in [0.2, 0.25) is 5.02 Å². The van der Waals surface area contributed by atoms with Crippen molar-refractivity contribution in [1.82, 2.24) is 10.0 Å². The van der Waals surface area contributed by atoms with Gasteiger partial charge in [0.1, 0.15) is 0 Å². The summed E-state index contributed by atoms with van der Waals surface area (Å²) in [4.78, 5) is 12.2. The highest BCUT2D eigenvalue weighted by molar-refractivity contribution is 7.89. The van der Waals surface area contributed by atoms with Crippen LogP contribution in [0.1, 0.15) is 38.3 Å². The molecule has 0 unspecified atom stereocenters. The average molecular weight is 409 g/mol. The van der Waals surface area contributed by atoms with Crippen molar-refractivity contribution in [1.29, 1.82) is 0 Å². The van der Waals surface area contributed by atoms with E-state index in [-0.39, 0.29) is 10.8 Å². The lowest BCUT2D eigenvalue weighted by atomic mass is 10.1. The second kappa shape index (κ2) is 8.87. The molecule has 2 aromatic rings. The van der Waals surface area contributed by atoms with Gasteiger partial charge in [0.05, 0.1) is 4.90 Å². The summed E-state index contributed by atoms with van der Waals surface area (Å²) in [7, 11) is -3.55. The first kappa shape index (κ1) is 21.4. The Labute approximate surface area is 166 Å². The predicted molar refractivity (Wildman–Crippen MR) is 108 cm³/mol. The molecule has 0 aromatic heterocycles. The quantitative estimate of drug-likeness (QED) is 0.733. The lowest BCUT2D eigenvalue weighted by molar-refractivity contribution is -0.121. The van der Waals surface area contributed by atoms with Crippen molar-refractivity contribution in [3.63, 3.8) is 0 Å². The minimum absolute atomic E-state index is 0.0592. The third-order valence-electron chi connectivity index (χ3n) is 3.72. The molecule has 0 aliphatic heterocycles. The minimum atomic E-state index is -3.55. The zero-order valence-electron chi connectivity index (χ0n) is 15.8. The first-order valence-electron chi connectivity index (χ1n) is 8.69. The number of sulfonamides is 1. The Morgan fingerprint density at radius 3 is 2.07 bits per heavy atom. The van der Waals surface area contributed by atoms with Crippen molar-refractivity contribution in [2.24, 2.45) is 0 Å². The van der Waals surface area contributed by atoms with Gasteiger partial charge < -0.3 is 5.32 Å². The van der Waals surface area contributed by atoms with E-state index in [2.05, 4.69) is 10.0 Å². The average Bonchev–Trinajstić information content (AvgIpc) is 2.58. The number of halogens is 1. The normalized spacial score (nSPS) is 12.0. The summed E-state index contributed by atoms with van der Waals surface area (Å²) in [6.07, 6.45) is 0.874. The summed E-state index contributed by atoms with van der Waals surface area (Å²) in [5.74, 6) is -0.0592. The molecule has 146 valence electrons. The van der Waals surface area contributed by atoms with E-state index in [9.17, 15) is 13.2 Å². The molecule has 0 atom stereocenters. The van der Waals surface area contributed by atoms with Crippen molar-refractivity contribution < 1.29 is 13.2 Å². The van der Waals surface area contributed by atoms with Crippen LogP contribution in [0.3, 0.4) is 0 Å². The Bertz CT molecular complexity index is 871. The maximum atomic E-state index is 12.3. The van der Waals surface area contributed by atoms with Crippen molar-refractivity contribution in [3.8, 4) is 0 Å². The number of rotatable bonds is 7. The highest BCUT2D eigenvalue weighted by Gasteiger charge is 2.21. The summed E-state index contributed by atoms with van der Waals surface area (Å²) >= 11 is 5.83. The minimum Gasteiger partial charge on any atom is -0.352 e. The van der Waals surface area contributed by atoms with Gasteiger partial charge in [-0.1, -0.05) is 35.9 Å². The molecule has 0 spiro atoms. The van der Waals surface area contributed by atoms with Gasteiger partial charge in [-0.15, -0.1) is 0 Å². The van der Waals surface area contributed by atoms with Gasteiger partial charge in [0, 0.05) is 23.5 Å². The summed E-state index contributed by atoms with van der Waals surface area (Å²) in [6.45, 7) is 5.83. The SMILES string of the molecule is CC(C)(C)NS(=O)(=O)c1ccc(CCC(=O)NCc2ccc(Cl)cc2)cc1. The number of hydrogen-bond acceptors (Lipinski definition) is 3. The Hall–Kier alpha value is -1.89. The predicted octanol–water partition coefficient (Wildman–Crippen LogP) is 3.67. The van der Waals surface area contributed by atoms with Crippen molar-refractivity contribution >= 4 is 27.5 Å². The first-order chi connectivity index (χ1) is 12.5. The van der Waals surface area contributed by atoms with Crippen molar-refractivity contribution in [2.75, 3.05) is 0 Å². The molecule has 2 N–H and O–H groups in total. The molecule has 0 aliphatic carbocycles. The second-order valence-electron chi connectivity index (χ2n) is 7.40. The fraction of sp³-hybridized carbons (Fsp3) is 0.350. The Balaban J connectivity index is 1.85. The Morgan fingerprint density at radius 1 is 0.963 bits per heavy atom. The number of nitrogens with one attached hydrogen (secondary N) is 2. The number of aryl methyl sites for hydroxylation is 1. The zero-order chi connectivity index (χ0) is 20.1. The molecule has 0 fully saturated rings. The first-order valence-corrected chi connectivity index (χ1v) is 10.6. The molecule has 7 heteroatoms. The fourth-order valence-electron chi connectivity index (χ4n) is 2.45. The largest absolute Gasteiger partial charge is 0.352 e. The maximum Gasteiger partial charge on any atom is 0.241 e. The highest BCUT2D eigenvalue weighted by atomic mass is 35.5. The topological polar surface area (TPSA) is 75.3 Å². The van der Waals surface area contributed by atoms with Gasteiger partial charge in [-0.25, -0.2) is 13.1 Å². The molecule has 0 saturated heterocycles. The summed E-state index contributed by atoms with van der Waals surface area (Å²) in [6, 6.07) is 13.9. The summed E-state index contributed by atoms with van der Waals surface area (Å²) in [5, 5.41) is 3.52. The zero-order valence-corrected chi connectivity index (χ0v) is 17.3. The van der Waals surface area contributed by atoms with E-state index < -0.39 is 15.6 Å². The van der Waals surface area contributed by atoms with Crippen LogP contribution < -0.4 is 10.0 Å². The molecule has 0 aliphatic rings. The molecule has 0 heterocycles. The van der Waals surface area contributed by atoms with Crippen LogP contribution in [0.4, 0.5) is 0 Å². The van der Waals surface area contributed by atoms with Crippen LogP contribution in [-0.4, -0.2) is 19.9 Å². The van der Waals surface area contributed by atoms with E-state index in [4.69, 9.17) is 11.6 Å². The standard InChI is InChI=1S/C20H25ClN2O3S/c1-20(2,3)23-27(25,26)18-11-6-15(7-12-18)8-13-19(24)22-14-16-4-9-17(21)10-5-16/h4-7,9-12,23H,8,13-14H2,1-3H3,(H,22,24). The van der Waals surface area contributed by atoms with E-state index in [1.165, 1.54) is 0 Å². The van der Waals surface area contributed by atoms with Crippen LogP contribution in [0.25, 0.3) is 0 Å². The van der Waals surface area contributed by atoms with Gasteiger partial charge in [-0.2, -0.15) is 0 Å². The van der Waals surface area contributed by atoms with Gasteiger partial charge in [0.15, 0.2) is 0 Å². The second-order valence-corrected chi connectivity index (χ2v) is 9.52. The summed E-state index contributed by atoms with van der Waals surface area (Å²) in [5.41, 5.74) is 1.35. The highest BCUT2D eigenvalue weighted by Crippen LogP contribution is 2.15. The molecule has 0 bridgehead atoms. The molecule has 0 radical (unpaired) electrons. The maximum absolute atomic E-state index is 12.3. The number of hydrogen-bond donors (Lipinski definition) is 2. The molecule has 0 saturated carbocycles. The van der Waals surface area contributed by atoms with Crippen LogP contribution in [-0.2, 0) is 27.8 Å². The monoisotopic (exact) mass is 408 g/mol. The molecular formula is C20H25ClN2O3S. The van der Waals surface area contributed by atoms with Gasteiger partial charge in [0.25, 0.3) is 0 Å². The number of amides is 1. The lowest BCUT2D eigenvalue weighted by Gasteiger charge is -2.20. The fourth-order valence-corrected chi connectivity index (χ4v) is 3.99. The van der Waals surface area contributed by atoms with Crippen molar-refractivity contribution in [3.05, 3.63) is 64.7 Å². The van der Waals surface area contributed by atoms with Gasteiger partial charge in [0.2, 0.25) is 15.9 Å². The van der Waals surface area contributed by atoms with E-state index in [1.807, 2.05) is 12.1 Å². The Morgan fingerprint density at radius 2 is 1.52 bits per heavy atom. The number of carbonyl (C=O) groups is 1. The molecule has 2 rings (SSSR count). The lowest BCUT2D eigenvalue weighted by Crippen LogP contribution is -2.40. The van der Waals surface area contributed by atoms with Crippen LogP contribution in [0.5, 0.6) is 0 Å². The van der Waals surface area contributed by atoms with Gasteiger partial charge in [-0.3, -0.25) is 4.79 Å². The summed E-state index contributed by atoms with van der Waals surface area (Å²) < 4.78 is 27.2. The third-order valence-corrected chi connectivity index (χ3v) is 5.74. The van der Waals surface area contributed by atoms with Crippen LogP contribution in [0.15, 0.2) is 53.4 Å². The van der Waals surface area contributed by atoms with E-state index in [0.717, 1.165) is 11.1 Å².